The number of hydrogen-bond donors (Lipinski definition) is 3. The van der Waals surface area contributed by atoms with E-state index in [1.807, 2.05) is 20.8 Å². The molecule has 6 heteroatoms. The Morgan fingerprint density at radius 1 is 1.21 bits per heavy atom. The fourth-order valence-electron chi connectivity index (χ4n) is 2.22. The number of rotatable bonds is 7. The van der Waals surface area contributed by atoms with Crippen LogP contribution in [-0.4, -0.2) is 31.0 Å². The van der Waals surface area contributed by atoms with E-state index in [9.17, 15) is 4.79 Å². The highest BCUT2D eigenvalue weighted by atomic mass is 127. The SMILES string of the molecule is CCNC(=NCc1ccc(C)cc1C)NCCC(=O)NC(C)C.I. The van der Waals surface area contributed by atoms with Gasteiger partial charge in [-0.2, -0.15) is 0 Å². The molecule has 3 N–H and O–H groups in total. The number of aliphatic imine (C=N–C) groups is 1. The van der Waals surface area contributed by atoms with Crippen LogP contribution in [0, 0.1) is 13.8 Å². The van der Waals surface area contributed by atoms with Crippen LogP contribution in [0.5, 0.6) is 0 Å². The Morgan fingerprint density at radius 2 is 1.92 bits per heavy atom. The molecule has 5 nitrogen and oxygen atoms in total. The minimum absolute atomic E-state index is 0. The summed E-state index contributed by atoms with van der Waals surface area (Å²) in [6.07, 6.45) is 0.437. The maximum atomic E-state index is 11.6. The van der Waals surface area contributed by atoms with Crippen molar-refractivity contribution in [2.75, 3.05) is 13.1 Å². The second-order valence-electron chi connectivity index (χ2n) is 6.02. The molecule has 0 saturated carbocycles. The Balaban J connectivity index is 0.00000529. The van der Waals surface area contributed by atoms with Crippen LogP contribution in [0.15, 0.2) is 23.2 Å². The van der Waals surface area contributed by atoms with Gasteiger partial charge >= 0.3 is 0 Å². The van der Waals surface area contributed by atoms with Crippen LogP contribution in [-0.2, 0) is 11.3 Å². The second kappa shape index (κ2) is 12.1. The van der Waals surface area contributed by atoms with Crippen molar-refractivity contribution in [3.8, 4) is 0 Å². The highest BCUT2D eigenvalue weighted by molar-refractivity contribution is 14.0. The number of carbonyl (C=O) groups is 1. The summed E-state index contributed by atoms with van der Waals surface area (Å²) in [6.45, 7) is 12.1. The summed E-state index contributed by atoms with van der Waals surface area (Å²) in [4.78, 5) is 16.2. The van der Waals surface area contributed by atoms with E-state index < -0.39 is 0 Å². The summed E-state index contributed by atoms with van der Waals surface area (Å²) >= 11 is 0. The van der Waals surface area contributed by atoms with E-state index in [0.29, 0.717) is 19.5 Å². The third kappa shape index (κ3) is 9.10. The standard InChI is InChI=1S/C18H30N4O.HI/c1-6-19-18(20-10-9-17(23)22-13(2)3)21-12-16-8-7-14(4)11-15(16)5;/h7-8,11,13H,6,9-10,12H2,1-5H3,(H,22,23)(H2,19,20,21);1H. The molecule has 0 spiro atoms. The van der Waals surface area contributed by atoms with Gasteiger partial charge in [-0.3, -0.25) is 4.79 Å². The van der Waals surface area contributed by atoms with Crippen LogP contribution in [0.3, 0.4) is 0 Å². The number of nitrogens with zero attached hydrogens (tertiary/aromatic N) is 1. The lowest BCUT2D eigenvalue weighted by molar-refractivity contribution is -0.121. The normalized spacial score (nSPS) is 11.0. The van der Waals surface area contributed by atoms with Gasteiger partial charge in [0, 0.05) is 25.6 Å². The number of carbonyl (C=O) groups excluding carboxylic acids is 1. The van der Waals surface area contributed by atoms with E-state index in [1.165, 1.54) is 16.7 Å². The molecule has 0 fully saturated rings. The van der Waals surface area contributed by atoms with Crippen molar-refractivity contribution in [3.63, 3.8) is 0 Å². The average Bonchev–Trinajstić information content (AvgIpc) is 2.45. The molecule has 0 aliphatic carbocycles. The molecule has 0 unspecified atom stereocenters. The zero-order chi connectivity index (χ0) is 17.2. The predicted octanol–water partition coefficient (Wildman–Crippen LogP) is 2.89. The Morgan fingerprint density at radius 3 is 2.50 bits per heavy atom. The van der Waals surface area contributed by atoms with Gasteiger partial charge in [0.1, 0.15) is 0 Å². The Bertz CT molecular complexity index is 544. The molecule has 0 saturated heterocycles. The summed E-state index contributed by atoms with van der Waals surface area (Å²) in [5.41, 5.74) is 3.72. The molecule has 0 bridgehead atoms. The van der Waals surface area contributed by atoms with E-state index in [1.54, 1.807) is 0 Å². The van der Waals surface area contributed by atoms with Crippen molar-refractivity contribution in [2.45, 2.75) is 53.6 Å². The van der Waals surface area contributed by atoms with E-state index in [2.05, 4.69) is 53.0 Å². The van der Waals surface area contributed by atoms with Gasteiger partial charge in [0.05, 0.1) is 6.54 Å². The van der Waals surface area contributed by atoms with Crippen molar-refractivity contribution < 1.29 is 4.79 Å². The fourth-order valence-corrected chi connectivity index (χ4v) is 2.22. The van der Waals surface area contributed by atoms with Gasteiger partial charge in [-0.15, -0.1) is 24.0 Å². The number of halogens is 1. The zero-order valence-electron chi connectivity index (χ0n) is 15.4. The molecule has 0 aliphatic heterocycles. The summed E-state index contributed by atoms with van der Waals surface area (Å²) in [5, 5.41) is 9.29. The van der Waals surface area contributed by atoms with E-state index >= 15 is 0 Å². The second-order valence-corrected chi connectivity index (χ2v) is 6.02. The molecule has 1 amide bonds. The topological polar surface area (TPSA) is 65.5 Å². The molecule has 0 aromatic heterocycles. The largest absolute Gasteiger partial charge is 0.357 e. The maximum absolute atomic E-state index is 11.6. The lowest BCUT2D eigenvalue weighted by atomic mass is 10.1. The van der Waals surface area contributed by atoms with Crippen LogP contribution in [0.1, 0.15) is 43.9 Å². The molecular formula is C18H31IN4O. The first-order chi connectivity index (χ1) is 10.9. The third-order valence-corrected chi connectivity index (χ3v) is 3.34. The molecule has 1 aromatic rings. The van der Waals surface area contributed by atoms with E-state index in [4.69, 9.17) is 0 Å². The van der Waals surface area contributed by atoms with Crippen LogP contribution in [0.25, 0.3) is 0 Å². The quantitative estimate of drug-likeness (QED) is 0.343. The predicted molar refractivity (Wildman–Crippen MR) is 112 cm³/mol. The summed E-state index contributed by atoms with van der Waals surface area (Å²) < 4.78 is 0. The lowest BCUT2D eigenvalue weighted by Crippen LogP contribution is -2.40. The lowest BCUT2D eigenvalue weighted by Gasteiger charge is -2.13. The van der Waals surface area contributed by atoms with Crippen molar-refractivity contribution in [3.05, 3.63) is 34.9 Å². The molecule has 0 radical (unpaired) electrons. The van der Waals surface area contributed by atoms with Gasteiger partial charge in [0.15, 0.2) is 5.96 Å². The van der Waals surface area contributed by atoms with Gasteiger partial charge in [0.25, 0.3) is 0 Å². The highest BCUT2D eigenvalue weighted by Crippen LogP contribution is 2.11. The monoisotopic (exact) mass is 446 g/mol. The first-order valence-electron chi connectivity index (χ1n) is 8.30. The zero-order valence-corrected chi connectivity index (χ0v) is 17.7. The van der Waals surface area contributed by atoms with Crippen molar-refractivity contribution in [1.29, 1.82) is 0 Å². The van der Waals surface area contributed by atoms with Crippen LogP contribution < -0.4 is 16.0 Å². The first kappa shape index (κ1) is 22.7. The van der Waals surface area contributed by atoms with Gasteiger partial charge in [-0.1, -0.05) is 23.8 Å². The first-order valence-corrected chi connectivity index (χ1v) is 8.30. The smallest absolute Gasteiger partial charge is 0.221 e. The summed E-state index contributed by atoms with van der Waals surface area (Å²) in [6, 6.07) is 6.57. The molecule has 0 heterocycles. The number of guanidine groups is 1. The van der Waals surface area contributed by atoms with Crippen molar-refractivity contribution >= 4 is 35.8 Å². The minimum Gasteiger partial charge on any atom is -0.357 e. The molecule has 136 valence electrons. The molecular weight excluding hydrogens is 415 g/mol. The number of amides is 1. The van der Waals surface area contributed by atoms with E-state index in [0.717, 1.165) is 12.5 Å². The van der Waals surface area contributed by atoms with Crippen LogP contribution >= 0.6 is 24.0 Å². The van der Waals surface area contributed by atoms with Gasteiger partial charge in [0.2, 0.25) is 5.91 Å². The fraction of sp³-hybridized carbons (Fsp3) is 0.556. The number of hydrogen-bond acceptors (Lipinski definition) is 2. The van der Waals surface area contributed by atoms with Gasteiger partial charge in [-0.05, 0) is 45.7 Å². The number of benzene rings is 1. The number of aryl methyl sites for hydroxylation is 2. The molecule has 1 aromatic carbocycles. The Kier molecular flexibility index (Phi) is 11.4. The molecule has 0 aliphatic rings. The maximum Gasteiger partial charge on any atom is 0.221 e. The van der Waals surface area contributed by atoms with Gasteiger partial charge < -0.3 is 16.0 Å². The third-order valence-electron chi connectivity index (χ3n) is 3.34. The van der Waals surface area contributed by atoms with E-state index in [-0.39, 0.29) is 35.9 Å². The van der Waals surface area contributed by atoms with Crippen molar-refractivity contribution in [2.24, 2.45) is 4.99 Å². The Hall–Kier alpha value is -1.31. The summed E-state index contributed by atoms with van der Waals surface area (Å²) in [5.74, 6) is 0.794. The Labute approximate surface area is 163 Å². The minimum atomic E-state index is 0. The van der Waals surface area contributed by atoms with Crippen LogP contribution in [0.4, 0.5) is 0 Å². The van der Waals surface area contributed by atoms with Crippen molar-refractivity contribution in [1.82, 2.24) is 16.0 Å². The van der Waals surface area contributed by atoms with Gasteiger partial charge in [-0.25, -0.2) is 4.99 Å². The molecule has 1 rings (SSSR count). The molecule has 24 heavy (non-hydrogen) atoms. The molecule has 0 atom stereocenters. The summed E-state index contributed by atoms with van der Waals surface area (Å²) in [7, 11) is 0. The number of nitrogens with one attached hydrogen (secondary N) is 3. The van der Waals surface area contributed by atoms with Crippen LogP contribution in [0.2, 0.25) is 0 Å². The highest BCUT2D eigenvalue weighted by Gasteiger charge is 2.04. The average molecular weight is 446 g/mol.